The zero-order chi connectivity index (χ0) is 15.8. The molecule has 0 heterocycles. The van der Waals surface area contributed by atoms with Gasteiger partial charge in [0, 0.05) is 11.7 Å². The van der Waals surface area contributed by atoms with Crippen LogP contribution in [0.5, 0.6) is 0 Å². The van der Waals surface area contributed by atoms with E-state index in [1.54, 1.807) is 0 Å². The number of nitrogens with two attached hydrogens (primary N) is 1. The largest absolute Gasteiger partial charge is 0.416 e. The molecule has 0 bridgehead atoms. The number of halogens is 3. The van der Waals surface area contributed by atoms with Gasteiger partial charge in [0.25, 0.3) is 5.91 Å². The number of carbonyl (C=O) groups is 1. The topological polar surface area (TPSA) is 55.1 Å². The van der Waals surface area contributed by atoms with Crippen molar-refractivity contribution >= 4 is 11.6 Å². The average molecular weight is 300 g/mol. The highest BCUT2D eigenvalue weighted by molar-refractivity contribution is 5.99. The molecule has 1 aliphatic carbocycles. The summed E-state index contributed by atoms with van der Waals surface area (Å²) in [5.74, 6) is 0.264. The van der Waals surface area contributed by atoms with E-state index in [0.717, 1.165) is 31.0 Å². The lowest BCUT2D eigenvalue weighted by molar-refractivity contribution is -0.137. The van der Waals surface area contributed by atoms with Crippen LogP contribution in [-0.4, -0.2) is 11.9 Å². The van der Waals surface area contributed by atoms with Crippen LogP contribution in [0.2, 0.25) is 0 Å². The second-order valence-electron chi connectivity index (χ2n) is 5.79. The van der Waals surface area contributed by atoms with Crippen LogP contribution in [0.4, 0.5) is 18.9 Å². The molecule has 1 aromatic rings. The molecule has 1 saturated carbocycles. The first kappa shape index (κ1) is 15.7. The van der Waals surface area contributed by atoms with Crippen LogP contribution in [0.15, 0.2) is 18.2 Å². The molecule has 3 atom stereocenters. The zero-order valence-electron chi connectivity index (χ0n) is 12.0. The van der Waals surface area contributed by atoms with Crippen LogP contribution >= 0.6 is 0 Å². The molecule has 1 fully saturated rings. The number of nitrogen functional groups attached to an aromatic ring is 1. The lowest BCUT2D eigenvalue weighted by Crippen LogP contribution is -2.37. The van der Waals surface area contributed by atoms with Crippen LogP contribution in [-0.2, 0) is 6.18 Å². The summed E-state index contributed by atoms with van der Waals surface area (Å²) in [6.45, 7) is 4.15. The number of amides is 1. The summed E-state index contributed by atoms with van der Waals surface area (Å²) in [6, 6.07) is 2.81. The molecule has 0 aliphatic heterocycles. The molecule has 3 nitrogen and oxygen atoms in total. The number of benzene rings is 1. The summed E-state index contributed by atoms with van der Waals surface area (Å²) in [6.07, 6.45) is -2.64. The van der Waals surface area contributed by atoms with E-state index in [1.165, 1.54) is 0 Å². The van der Waals surface area contributed by atoms with Crippen LogP contribution in [0.3, 0.4) is 0 Å². The number of nitrogens with one attached hydrogen (secondary N) is 1. The average Bonchev–Trinajstić information content (AvgIpc) is 2.69. The molecule has 0 aromatic heterocycles. The lowest BCUT2D eigenvalue weighted by atomic mass is 9.97. The van der Waals surface area contributed by atoms with Crippen molar-refractivity contribution in [3.63, 3.8) is 0 Å². The van der Waals surface area contributed by atoms with Crippen molar-refractivity contribution in [1.29, 1.82) is 0 Å². The van der Waals surface area contributed by atoms with E-state index in [0.29, 0.717) is 11.8 Å². The highest BCUT2D eigenvalue weighted by atomic mass is 19.4. The van der Waals surface area contributed by atoms with E-state index in [-0.39, 0.29) is 17.3 Å². The first-order valence-corrected chi connectivity index (χ1v) is 6.97. The molecule has 116 valence electrons. The predicted octanol–water partition coefficient (Wildman–Crippen LogP) is 3.45. The Morgan fingerprint density at radius 1 is 1.29 bits per heavy atom. The van der Waals surface area contributed by atoms with Crippen LogP contribution in [0.1, 0.15) is 42.6 Å². The highest BCUT2D eigenvalue weighted by Crippen LogP contribution is 2.33. The summed E-state index contributed by atoms with van der Waals surface area (Å²) >= 11 is 0. The predicted molar refractivity (Wildman–Crippen MR) is 74.7 cm³/mol. The van der Waals surface area contributed by atoms with Gasteiger partial charge in [-0.15, -0.1) is 0 Å². The first-order chi connectivity index (χ1) is 9.70. The molecule has 6 heteroatoms. The highest BCUT2D eigenvalue weighted by Gasteiger charge is 2.33. The van der Waals surface area contributed by atoms with E-state index >= 15 is 0 Å². The normalized spacial score (nSPS) is 25.9. The van der Waals surface area contributed by atoms with Crippen molar-refractivity contribution in [1.82, 2.24) is 5.32 Å². The second-order valence-corrected chi connectivity index (χ2v) is 5.79. The number of rotatable bonds is 2. The quantitative estimate of drug-likeness (QED) is 0.822. The van der Waals surface area contributed by atoms with Crippen molar-refractivity contribution in [3.8, 4) is 0 Å². The Balaban J connectivity index is 2.19. The molecule has 2 rings (SSSR count). The van der Waals surface area contributed by atoms with E-state index < -0.39 is 17.6 Å². The summed E-state index contributed by atoms with van der Waals surface area (Å²) in [5.41, 5.74) is 4.72. The lowest BCUT2D eigenvalue weighted by Gasteiger charge is -2.20. The third-order valence-electron chi connectivity index (χ3n) is 4.41. The summed E-state index contributed by atoms with van der Waals surface area (Å²) < 4.78 is 38.1. The van der Waals surface area contributed by atoms with E-state index in [1.807, 2.05) is 6.92 Å². The van der Waals surface area contributed by atoms with Gasteiger partial charge in [0.1, 0.15) is 0 Å². The Morgan fingerprint density at radius 3 is 2.48 bits per heavy atom. The maximum atomic E-state index is 12.7. The Hall–Kier alpha value is -1.72. The molecule has 3 unspecified atom stereocenters. The fourth-order valence-corrected chi connectivity index (χ4v) is 2.74. The van der Waals surface area contributed by atoms with Crippen LogP contribution in [0, 0.1) is 11.8 Å². The molecule has 0 spiro atoms. The maximum absolute atomic E-state index is 12.7. The van der Waals surface area contributed by atoms with Gasteiger partial charge in [0.2, 0.25) is 0 Å². The molecule has 1 aromatic carbocycles. The molecular weight excluding hydrogens is 281 g/mol. The molecular formula is C15H19F3N2O. The SMILES string of the molecule is CC1CCC(NC(=O)c2cc(C(F)(F)F)ccc2N)C1C. The monoisotopic (exact) mass is 300 g/mol. The van der Waals surface area contributed by atoms with Gasteiger partial charge in [0.05, 0.1) is 11.1 Å². The fourth-order valence-electron chi connectivity index (χ4n) is 2.74. The number of alkyl halides is 3. The fraction of sp³-hybridized carbons (Fsp3) is 0.533. The van der Waals surface area contributed by atoms with Crippen molar-refractivity contribution in [2.24, 2.45) is 11.8 Å². The Kier molecular flexibility index (Phi) is 4.16. The Bertz CT molecular complexity index is 542. The minimum absolute atomic E-state index is 0.0126. The van der Waals surface area contributed by atoms with Crippen molar-refractivity contribution in [3.05, 3.63) is 29.3 Å². The number of hydrogen-bond acceptors (Lipinski definition) is 2. The molecule has 3 N–H and O–H groups in total. The van der Waals surface area contributed by atoms with Crippen molar-refractivity contribution < 1.29 is 18.0 Å². The van der Waals surface area contributed by atoms with Gasteiger partial charge in [-0.2, -0.15) is 13.2 Å². The standard InChI is InChI=1S/C15H19F3N2O/c1-8-3-6-13(9(8)2)20-14(21)11-7-10(15(16,17)18)4-5-12(11)19/h4-5,7-9,13H,3,6,19H2,1-2H3,(H,20,21). The minimum Gasteiger partial charge on any atom is -0.398 e. The van der Waals surface area contributed by atoms with Gasteiger partial charge in [-0.05, 0) is 42.9 Å². The number of hydrogen-bond donors (Lipinski definition) is 2. The van der Waals surface area contributed by atoms with Crippen LogP contribution in [0.25, 0.3) is 0 Å². The van der Waals surface area contributed by atoms with E-state index in [2.05, 4.69) is 12.2 Å². The Labute approximate surface area is 121 Å². The summed E-state index contributed by atoms with van der Waals surface area (Å²) in [5, 5.41) is 2.81. The zero-order valence-corrected chi connectivity index (χ0v) is 12.0. The van der Waals surface area contributed by atoms with Gasteiger partial charge < -0.3 is 11.1 Å². The third kappa shape index (κ3) is 3.31. The second kappa shape index (κ2) is 5.58. The van der Waals surface area contributed by atoms with Gasteiger partial charge in [-0.3, -0.25) is 4.79 Å². The van der Waals surface area contributed by atoms with Gasteiger partial charge in [-0.1, -0.05) is 13.8 Å². The molecule has 1 aliphatic rings. The van der Waals surface area contributed by atoms with Crippen molar-refractivity contribution in [2.75, 3.05) is 5.73 Å². The summed E-state index contributed by atoms with van der Waals surface area (Å²) in [7, 11) is 0. The van der Waals surface area contributed by atoms with E-state index in [9.17, 15) is 18.0 Å². The van der Waals surface area contributed by atoms with Crippen molar-refractivity contribution in [2.45, 2.75) is 38.9 Å². The maximum Gasteiger partial charge on any atom is 0.416 e. The Morgan fingerprint density at radius 2 is 1.95 bits per heavy atom. The van der Waals surface area contributed by atoms with Gasteiger partial charge in [-0.25, -0.2) is 0 Å². The smallest absolute Gasteiger partial charge is 0.398 e. The van der Waals surface area contributed by atoms with Crippen LogP contribution < -0.4 is 11.1 Å². The first-order valence-electron chi connectivity index (χ1n) is 6.97. The number of carbonyl (C=O) groups excluding carboxylic acids is 1. The molecule has 0 radical (unpaired) electrons. The van der Waals surface area contributed by atoms with E-state index in [4.69, 9.17) is 5.73 Å². The minimum atomic E-state index is -4.49. The molecule has 21 heavy (non-hydrogen) atoms. The summed E-state index contributed by atoms with van der Waals surface area (Å²) in [4.78, 5) is 12.2. The molecule has 1 amide bonds. The van der Waals surface area contributed by atoms with Gasteiger partial charge >= 0.3 is 6.18 Å². The van der Waals surface area contributed by atoms with Gasteiger partial charge in [0.15, 0.2) is 0 Å². The molecule has 0 saturated heterocycles. The number of anilines is 1. The third-order valence-corrected chi connectivity index (χ3v) is 4.41.